The zero-order valence-corrected chi connectivity index (χ0v) is 21.4. The fourth-order valence-electron chi connectivity index (χ4n) is 5.76. The van der Waals surface area contributed by atoms with E-state index in [0.717, 1.165) is 36.6 Å². The summed E-state index contributed by atoms with van der Waals surface area (Å²) in [6, 6.07) is 15.3. The number of rotatable bonds is 5. The normalized spacial score (nSPS) is 21.0. The Hall–Kier alpha value is -3.48. The number of nitrogens with zero attached hydrogens (tertiary/aromatic N) is 2. The van der Waals surface area contributed by atoms with E-state index in [9.17, 15) is 9.59 Å². The maximum Gasteiger partial charge on any atom is 0.275 e. The lowest BCUT2D eigenvalue weighted by atomic mass is 9.91. The number of anilines is 1. The van der Waals surface area contributed by atoms with Crippen molar-refractivity contribution in [3.05, 3.63) is 54.2 Å². The van der Waals surface area contributed by atoms with Gasteiger partial charge in [0, 0.05) is 28.7 Å². The topological polar surface area (TPSA) is 72.8 Å². The molecule has 1 saturated carbocycles. The molecule has 0 spiro atoms. The Morgan fingerprint density at radius 3 is 2.36 bits per heavy atom. The second kappa shape index (κ2) is 9.88. The van der Waals surface area contributed by atoms with Crippen LogP contribution in [-0.2, 0) is 11.3 Å². The van der Waals surface area contributed by atoms with Crippen molar-refractivity contribution >= 4 is 28.4 Å². The second-order valence-electron chi connectivity index (χ2n) is 10.1. The lowest BCUT2D eigenvalue weighted by molar-refractivity contribution is -0.127. The van der Waals surface area contributed by atoms with Gasteiger partial charge in [0.2, 0.25) is 5.91 Å². The third kappa shape index (κ3) is 4.21. The minimum absolute atomic E-state index is 0.125. The molecule has 2 amide bonds. The highest BCUT2D eigenvalue weighted by Gasteiger charge is 2.49. The van der Waals surface area contributed by atoms with Crippen LogP contribution in [0.2, 0.25) is 0 Å². The Morgan fingerprint density at radius 1 is 0.944 bits per heavy atom. The number of methoxy groups -OCH3 is 2. The number of ether oxygens (including phenoxy) is 2. The van der Waals surface area contributed by atoms with Gasteiger partial charge < -0.3 is 19.4 Å². The molecule has 190 valence electrons. The van der Waals surface area contributed by atoms with Crippen LogP contribution in [0, 0.1) is 0 Å². The summed E-state index contributed by atoms with van der Waals surface area (Å²) in [6.07, 6.45) is 7.87. The number of carbonyl (C=O) groups excluding carboxylic acids is 2. The molecule has 3 aromatic rings. The van der Waals surface area contributed by atoms with Gasteiger partial charge in [0.05, 0.1) is 20.8 Å². The molecule has 1 N–H and O–H groups in total. The van der Waals surface area contributed by atoms with Crippen LogP contribution in [0.15, 0.2) is 48.5 Å². The van der Waals surface area contributed by atoms with Gasteiger partial charge in [-0.3, -0.25) is 14.5 Å². The molecule has 2 aliphatic rings. The van der Waals surface area contributed by atoms with Gasteiger partial charge in [-0.25, -0.2) is 0 Å². The molecule has 1 aliphatic carbocycles. The summed E-state index contributed by atoms with van der Waals surface area (Å²) in [7, 11) is 3.15. The van der Waals surface area contributed by atoms with Crippen molar-refractivity contribution in [1.82, 2.24) is 9.88 Å². The summed E-state index contributed by atoms with van der Waals surface area (Å²) >= 11 is 0. The van der Waals surface area contributed by atoms with Crippen molar-refractivity contribution in [3.8, 4) is 11.5 Å². The molecule has 36 heavy (non-hydrogen) atoms. The van der Waals surface area contributed by atoms with Crippen LogP contribution in [0.25, 0.3) is 10.9 Å². The first-order valence-corrected chi connectivity index (χ1v) is 12.9. The van der Waals surface area contributed by atoms with E-state index in [2.05, 4.69) is 5.32 Å². The van der Waals surface area contributed by atoms with Crippen LogP contribution >= 0.6 is 0 Å². The third-order valence-corrected chi connectivity index (χ3v) is 7.75. The van der Waals surface area contributed by atoms with E-state index in [1.807, 2.05) is 47.9 Å². The lowest BCUT2D eigenvalue weighted by Crippen LogP contribution is -2.65. The van der Waals surface area contributed by atoms with Crippen molar-refractivity contribution in [2.45, 2.75) is 70.0 Å². The van der Waals surface area contributed by atoms with E-state index in [1.165, 1.54) is 19.3 Å². The number of benzene rings is 2. The highest BCUT2D eigenvalue weighted by atomic mass is 16.5. The maximum absolute atomic E-state index is 14.1. The number of hydrogen-bond acceptors (Lipinski definition) is 4. The molecule has 0 saturated heterocycles. The summed E-state index contributed by atoms with van der Waals surface area (Å²) in [4.78, 5) is 29.8. The molecule has 1 atom stereocenters. The monoisotopic (exact) mass is 489 g/mol. The molecule has 7 nitrogen and oxygen atoms in total. The molecule has 1 fully saturated rings. The van der Waals surface area contributed by atoms with Gasteiger partial charge in [0.25, 0.3) is 5.91 Å². The summed E-state index contributed by atoms with van der Waals surface area (Å²) in [5, 5.41) is 4.32. The number of aromatic nitrogens is 1. The van der Waals surface area contributed by atoms with E-state index < -0.39 is 5.54 Å². The van der Waals surface area contributed by atoms with E-state index in [4.69, 9.17) is 9.47 Å². The molecule has 0 radical (unpaired) electrons. The molecule has 2 heterocycles. The lowest BCUT2D eigenvalue weighted by Gasteiger charge is -2.44. The van der Waals surface area contributed by atoms with E-state index >= 15 is 0 Å². The average molecular weight is 490 g/mol. The van der Waals surface area contributed by atoms with E-state index in [0.29, 0.717) is 29.4 Å². The van der Waals surface area contributed by atoms with Crippen molar-refractivity contribution in [2.75, 3.05) is 19.1 Å². The molecule has 1 aromatic heterocycles. The summed E-state index contributed by atoms with van der Waals surface area (Å²) in [6.45, 7) is 2.23. The van der Waals surface area contributed by atoms with Gasteiger partial charge in [0.1, 0.15) is 11.2 Å². The third-order valence-electron chi connectivity index (χ3n) is 7.75. The smallest absolute Gasteiger partial charge is 0.275 e. The van der Waals surface area contributed by atoms with Crippen LogP contribution in [0.1, 0.15) is 62.4 Å². The van der Waals surface area contributed by atoms with Crippen molar-refractivity contribution in [1.29, 1.82) is 0 Å². The highest BCUT2D eigenvalue weighted by Crippen LogP contribution is 2.39. The summed E-state index contributed by atoms with van der Waals surface area (Å²) in [5.41, 5.74) is 0.998. The minimum Gasteiger partial charge on any atom is -0.493 e. The first kappa shape index (κ1) is 24.2. The summed E-state index contributed by atoms with van der Waals surface area (Å²) < 4.78 is 12.9. The van der Waals surface area contributed by atoms with Crippen LogP contribution < -0.4 is 19.7 Å². The molecule has 5 rings (SSSR count). The molecule has 1 aliphatic heterocycles. The van der Waals surface area contributed by atoms with Crippen LogP contribution in [0.5, 0.6) is 11.5 Å². The Kier molecular flexibility index (Phi) is 6.65. The zero-order valence-electron chi connectivity index (χ0n) is 21.4. The standard InChI is InChI=1S/C29H35N3O4/c1-29(28(34)30-21-12-7-5-4-6-8-13-21)19-31-23-14-10-9-11-20(23)17-24(31)27(33)32(29)22-15-16-25(35-2)26(18-22)36-3/h9-11,14-18,21H,4-8,12-13,19H2,1-3H3,(H,30,34). The number of amides is 2. The Bertz CT molecular complexity index is 1270. The van der Waals surface area contributed by atoms with Gasteiger partial charge in [0.15, 0.2) is 11.5 Å². The van der Waals surface area contributed by atoms with Crippen molar-refractivity contribution in [3.63, 3.8) is 0 Å². The van der Waals surface area contributed by atoms with Crippen LogP contribution in [-0.4, -0.2) is 42.2 Å². The SMILES string of the molecule is COc1ccc(N2C(=O)c3cc4ccccc4n3CC2(C)C(=O)NC2CCCCCCC2)cc1OC. The van der Waals surface area contributed by atoms with Gasteiger partial charge in [-0.05, 0) is 44.0 Å². The number of carbonyl (C=O) groups is 2. The summed E-state index contributed by atoms with van der Waals surface area (Å²) in [5.74, 6) is 0.747. The molecule has 7 heteroatoms. The second-order valence-corrected chi connectivity index (χ2v) is 10.1. The Balaban J connectivity index is 1.59. The van der Waals surface area contributed by atoms with Gasteiger partial charge in [-0.1, -0.05) is 50.3 Å². The predicted octanol–water partition coefficient (Wildman–Crippen LogP) is 5.31. The van der Waals surface area contributed by atoms with Gasteiger partial charge >= 0.3 is 0 Å². The van der Waals surface area contributed by atoms with E-state index in [-0.39, 0.29) is 17.9 Å². The fraction of sp³-hybridized carbons (Fsp3) is 0.448. The highest BCUT2D eigenvalue weighted by molar-refractivity contribution is 6.14. The molecular weight excluding hydrogens is 454 g/mol. The number of nitrogens with one attached hydrogen (secondary N) is 1. The minimum atomic E-state index is -1.13. The Labute approximate surface area is 212 Å². The van der Waals surface area contributed by atoms with E-state index in [1.54, 1.807) is 31.3 Å². The van der Waals surface area contributed by atoms with Crippen molar-refractivity contribution in [2.24, 2.45) is 0 Å². The number of para-hydroxylation sites is 1. The maximum atomic E-state index is 14.1. The van der Waals surface area contributed by atoms with Crippen molar-refractivity contribution < 1.29 is 19.1 Å². The number of fused-ring (bicyclic) bond motifs is 3. The largest absolute Gasteiger partial charge is 0.493 e. The molecule has 1 unspecified atom stereocenters. The van der Waals surface area contributed by atoms with Gasteiger partial charge in [-0.15, -0.1) is 0 Å². The van der Waals surface area contributed by atoms with Crippen LogP contribution in [0.4, 0.5) is 5.69 Å². The average Bonchev–Trinajstić information content (AvgIpc) is 3.24. The quantitative estimate of drug-likeness (QED) is 0.527. The molecular formula is C29H35N3O4. The zero-order chi connectivity index (χ0) is 25.3. The predicted molar refractivity (Wildman–Crippen MR) is 141 cm³/mol. The number of hydrogen-bond donors (Lipinski definition) is 1. The molecule has 2 aromatic carbocycles. The Morgan fingerprint density at radius 2 is 1.64 bits per heavy atom. The molecule has 0 bridgehead atoms. The first-order valence-electron chi connectivity index (χ1n) is 12.9. The fourth-order valence-corrected chi connectivity index (χ4v) is 5.76. The first-order chi connectivity index (χ1) is 17.5. The van der Waals surface area contributed by atoms with Gasteiger partial charge in [-0.2, -0.15) is 0 Å². The van der Waals surface area contributed by atoms with Crippen LogP contribution in [0.3, 0.4) is 0 Å².